The second-order valence-electron chi connectivity index (χ2n) is 4.21. The van der Waals surface area contributed by atoms with E-state index in [9.17, 15) is 0 Å². The molecule has 0 amide bonds. The van der Waals surface area contributed by atoms with Crippen LogP contribution in [0.3, 0.4) is 0 Å². The maximum atomic E-state index is 6.30. The Kier molecular flexibility index (Phi) is 3.95. The molecule has 0 radical (unpaired) electrons. The number of hydrogen-bond donors (Lipinski definition) is 1. The van der Waals surface area contributed by atoms with Gasteiger partial charge in [0.05, 0.1) is 27.1 Å². The number of halogens is 2. The number of rotatable bonds is 3. The zero-order valence-corrected chi connectivity index (χ0v) is 12.1. The van der Waals surface area contributed by atoms with E-state index in [1.54, 1.807) is 4.68 Å². The van der Waals surface area contributed by atoms with Crippen molar-refractivity contribution < 1.29 is 0 Å². The van der Waals surface area contributed by atoms with E-state index in [1.807, 2.05) is 39.1 Å². The number of hydrogen-bond acceptors (Lipinski definition) is 2. The second-order valence-corrected chi connectivity index (χ2v) is 5.00. The fraction of sp³-hybridized carbons (Fsp3) is 0.308. The smallest absolute Gasteiger partial charge is 0.0848 e. The predicted molar refractivity (Wildman–Crippen MR) is 75.8 cm³/mol. The minimum absolute atomic E-state index is 0.671. The van der Waals surface area contributed by atoms with Crippen LogP contribution < -0.4 is 5.32 Å². The fourth-order valence-electron chi connectivity index (χ4n) is 1.89. The number of benzene rings is 1. The van der Waals surface area contributed by atoms with Gasteiger partial charge in [-0.15, -0.1) is 0 Å². The molecular weight excluding hydrogens is 269 g/mol. The van der Waals surface area contributed by atoms with Crippen LogP contribution in [0.5, 0.6) is 0 Å². The van der Waals surface area contributed by atoms with Crippen molar-refractivity contribution in [2.45, 2.75) is 20.4 Å². The number of aryl methyl sites for hydroxylation is 1. The standard InChI is InChI=1S/C13H15Cl2N3/c1-8-13(15)9(2)18(17-8)12-5-4-10(7-16-3)6-11(12)14/h4-6,16H,7H2,1-3H3. The molecule has 5 heteroatoms. The molecule has 0 saturated heterocycles. The molecule has 0 unspecified atom stereocenters. The lowest BCUT2D eigenvalue weighted by Gasteiger charge is -2.09. The molecule has 2 rings (SSSR count). The van der Waals surface area contributed by atoms with Gasteiger partial charge in [-0.3, -0.25) is 0 Å². The second kappa shape index (κ2) is 5.31. The van der Waals surface area contributed by atoms with Gasteiger partial charge in [0.25, 0.3) is 0 Å². The Morgan fingerprint density at radius 2 is 2.00 bits per heavy atom. The summed E-state index contributed by atoms with van der Waals surface area (Å²) in [6, 6.07) is 5.94. The largest absolute Gasteiger partial charge is 0.316 e. The summed E-state index contributed by atoms with van der Waals surface area (Å²) in [4.78, 5) is 0. The first-order valence-electron chi connectivity index (χ1n) is 5.69. The molecule has 2 aromatic rings. The highest BCUT2D eigenvalue weighted by Crippen LogP contribution is 2.27. The summed E-state index contributed by atoms with van der Waals surface area (Å²) in [6.07, 6.45) is 0. The summed E-state index contributed by atoms with van der Waals surface area (Å²) in [5.41, 5.74) is 3.70. The molecule has 0 atom stereocenters. The predicted octanol–water partition coefficient (Wildman–Crippen LogP) is 3.52. The van der Waals surface area contributed by atoms with Crippen molar-refractivity contribution >= 4 is 23.2 Å². The number of nitrogens with one attached hydrogen (secondary N) is 1. The Balaban J connectivity index is 2.48. The first-order valence-corrected chi connectivity index (χ1v) is 6.45. The van der Waals surface area contributed by atoms with E-state index in [0.717, 1.165) is 29.2 Å². The van der Waals surface area contributed by atoms with Crippen molar-refractivity contribution in [1.82, 2.24) is 15.1 Å². The first kappa shape index (κ1) is 13.4. The molecule has 0 aliphatic carbocycles. The molecule has 3 nitrogen and oxygen atoms in total. The van der Waals surface area contributed by atoms with Crippen LogP contribution in [0, 0.1) is 13.8 Å². The summed E-state index contributed by atoms with van der Waals surface area (Å²) >= 11 is 12.4. The van der Waals surface area contributed by atoms with Gasteiger partial charge in [-0.25, -0.2) is 4.68 Å². The maximum absolute atomic E-state index is 6.30. The van der Waals surface area contributed by atoms with Gasteiger partial charge in [0, 0.05) is 6.54 Å². The van der Waals surface area contributed by atoms with Gasteiger partial charge >= 0.3 is 0 Å². The highest BCUT2D eigenvalue weighted by Gasteiger charge is 2.13. The average molecular weight is 284 g/mol. The summed E-state index contributed by atoms with van der Waals surface area (Å²) in [7, 11) is 1.91. The molecule has 0 aliphatic rings. The molecule has 1 aromatic heterocycles. The van der Waals surface area contributed by atoms with Crippen molar-refractivity contribution in [2.75, 3.05) is 7.05 Å². The van der Waals surface area contributed by atoms with Gasteiger partial charge in [-0.05, 0) is 38.6 Å². The Hall–Kier alpha value is -1.03. The summed E-state index contributed by atoms with van der Waals surface area (Å²) < 4.78 is 1.78. The van der Waals surface area contributed by atoms with Gasteiger partial charge in [0.1, 0.15) is 0 Å². The van der Waals surface area contributed by atoms with Crippen LogP contribution in [0.2, 0.25) is 10.0 Å². The van der Waals surface area contributed by atoms with Gasteiger partial charge in [0.15, 0.2) is 0 Å². The van der Waals surface area contributed by atoms with E-state index >= 15 is 0 Å². The van der Waals surface area contributed by atoms with Crippen LogP contribution in [0.1, 0.15) is 17.0 Å². The summed E-state index contributed by atoms with van der Waals surface area (Å²) in [5, 5.41) is 8.85. The molecule has 1 aromatic carbocycles. The topological polar surface area (TPSA) is 29.9 Å². The first-order chi connectivity index (χ1) is 8.54. The quantitative estimate of drug-likeness (QED) is 0.934. The fourth-order valence-corrected chi connectivity index (χ4v) is 2.30. The Labute approximate surface area is 117 Å². The van der Waals surface area contributed by atoms with Crippen molar-refractivity contribution in [2.24, 2.45) is 0 Å². The van der Waals surface area contributed by atoms with Crippen LogP contribution in [-0.4, -0.2) is 16.8 Å². The van der Waals surface area contributed by atoms with Gasteiger partial charge in [-0.2, -0.15) is 5.10 Å². The molecule has 0 saturated carbocycles. The van der Waals surface area contributed by atoms with Crippen LogP contribution in [0.4, 0.5) is 0 Å². The molecule has 1 heterocycles. The SMILES string of the molecule is CNCc1ccc(-n2nc(C)c(Cl)c2C)c(Cl)c1. The van der Waals surface area contributed by atoms with E-state index in [-0.39, 0.29) is 0 Å². The van der Waals surface area contributed by atoms with E-state index in [0.29, 0.717) is 10.0 Å². The monoisotopic (exact) mass is 283 g/mol. The summed E-state index contributed by atoms with van der Waals surface area (Å²) in [6.45, 7) is 4.60. The molecule has 1 N–H and O–H groups in total. The highest BCUT2D eigenvalue weighted by molar-refractivity contribution is 6.33. The highest BCUT2D eigenvalue weighted by atomic mass is 35.5. The Bertz CT molecular complexity index is 576. The minimum Gasteiger partial charge on any atom is -0.316 e. The Morgan fingerprint density at radius 3 is 2.50 bits per heavy atom. The molecular formula is C13H15Cl2N3. The third-order valence-corrected chi connectivity index (χ3v) is 3.67. The molecule has 96 valence electrons. The zero-order valence-electron chi connectivity index (χ0n) is 10.6. The molecule has 18 heavy (non-hydrogen) atoms. The van der Waals surface area contributed by atoms with Crippen LogP contribution in [0.25, 0.3) is 5.69 Å². The number of aromatic nitrogens is 2. The molecule has 0 aliphatic heterocycles. The normalized spacial score (nSPS) is 10.9. The van der Waals surface area contributed by atoms with Gasteiger partial charge < -0.3 is 5.32 Å². The third kappa shape index (κ3) is 2.39. The van der Waals surface area contributed by atoms with Crippen LogP contribution in [0.15, 0.2) is 18.2 Å². The van der Waals surface area contributed by atoms with Gasteiger partial charge in [0.2, 0.25) is 0 Å². The van der Waals surface area contributed by atoms with Crippen molar-refractivity contribution in [3.8, 4) is 5.69 Å². The summed E-state index contributed by atoms with van der Waals surface area (Å²) in [5.74, 6) is 0. The van der Waals surface area contributed by atoms with E-state index < -0.39 is 0 Å². The van der Waals surface area contributed by atoms with Crippen molar-refractivity contribution in [3.63, 3.8) is 0 Å². The Morgan fingerprint density at radius 1 is 1.28 bits per heavy atom. The minimum atomic E-state index is 0.671. The van der Waals surface area contributed by atoms with Crippen LogP contribution in [-0.2, 0) is 6.54 Å². The van der Waals surface area contributed by atoms with E-state index in [2.05, 4.69) is 10.4 Å². The third-order valence-electron chi connectivity index (χ3n) is 2.82. The molecule has 0 fully saturated rings. The molecule has 0 spiro atoms. The van der Waals surface area contributed by atoms with E-state index in [1.165, 1.54) is 0 Å². The van der Waals surface area contributed by atoms with Crippen molar-refractivity contribution in [1.29, 1.82) is 0 Å². The van der Waals surface area contributed by atoms with Crippen molar-refractivity contribution in [3.05, 3.63) is 45.2 Å². The molecule has 0 bridgehead atoms. The zero-order chi connectivity index (χ0) is 13.3. The lowest BCUT2D eigenvalue weighted by atomic mass is 10.2. The maximum Gasteiger partial charge on any atom is 0.0848 e. The average Bonchev–Trinajstić information content (AvgIpc) is 2.58. The lowest BCUT2D eigenvalue weighted by Crippen LogP contribution is -2.06. The lowest BCUT2D eigenvalue weighted by molar-refractivity contribution is 0.810. The van der Waals surface area contributed by atoms with Gasteiger partial charge in [-0.1, -0.05) is 29.3 Å². The van der Waals surface area contributed by atoms with Crippen LogP contribution >= 0.6 is 23.2 Å². The number of nitrogens with zero attached hydrogens (tertiary/aromatic N) is 2. The van der Waals surface area contributed by atoms with E-state index in [4.69, 9.17) is 23.2 Å².